The van der Waals surface area contributed by atoms with Gasteiger partial charge < -0.3 is 15.3 Å². The highest BCUT2D eigenvalue weighted by Crippen LogP contribution is 2.21. The highest BCUT2D eigenvalue weighted by atomic mass is 35.5. The van der Waals surface area contributed by atoms with E-state index in [4.69, 9.17) is 16.7 Å². The third-order valence-electron chi connectivity index (χ3n) is 1.86. The first-order valence-corrected chi connectivity index (χ1v) is 4.68. The average Bonchev–Trinajstić information content (AvgIpc) is 2.15. The van der Waals surface area contributed by atoms with Crippen molar-refractivity contribution in [3.63, 3.8) is 0 Å². The summed E-state index contributed by atoms with van der Waals surface area (Å²) >= 11 is 5.44. The maximum Gasteiger partial charge on any atom is 0.306 e. The normalized spacial score (nSPS) is 14.5. The zero-order chi connectivity index (χ0) is 12.3. The molecule has 0 saturated carbocycles. The zero-order valence-corrected chi connectivity index (χ0v) is 8.73. The highest BCUT2D eigenvalue weighted by molar-refractivity contribution is 6.30. The molecule has 1 rings (SSSR count). The van der Waals surface area contributed by atoms with Crippen molar-refractivity contribution < 1.29 is 24.5 Å². The Labute approximate surface area is 95.1 Å². The molecule has 0 amide bonds. The van der Waals surface area contributed by atoms with Crippen LogP contribution in [0.3, 0.4) is 0 Å². The molecule has 3 N–H and O–H groups in total. The molecule has 16 heavy (non-hydrogen) atoms. The molecule has 0 aromatic carbocycles. The second-order valence-electron chi connectivity index (χ2n) is 3.13. The molecule has 0 aliphatic carbocycles. The first-order chi connectivity index (χ1) is 7.41. The van der Waals surface area contributed by atoms with Crippen molar-refractivity contribution in [1.82, 2.24) is 4.98 Å². The zero-order valence-electron chi connectivity index (χ0n) is 7.97. The number of carboxylic acid groups (broad SMARTS) is 1. The number of aliphatic hydroxyl groups excluding tert-OH is 2. The van der Waals surface area contributed by atoms with Crippen LogP contribution in [-0.4, -0.2) is 32.4 Å². The molecule has 2 unspecified atom stereocenters. The highest BCUT2D eigenvalue weighted by Gasteiger charge is 2.25. The lowest BCUT2D eigenvalue weighted by Crippen LogP contribution is -2.23. The molecule has 7 heteroatoms. The van der Waals surface area contributed by atoms with E-state index >= 15 is 0 Å². The van der Waals surface area contributed by atoms with E-state index < -0.39 is 36.1 Å². The molecule has 1 heterocycles. The molecule has 88 valence electrons. The summed E-state index contributed by atoms with van der Waals surface area (Å²) in [6.45, 7) is 0. The average molecular weight is 250 g/mol. The summed E-state index contributed by atoms with van der Waals surface area (Å²) in [5.41, 5.74) is -0.432. The standard InChI is InChI=1S/C9H9ClFNO4/c10-4-1-5(11)8(12-3-4)9(16)6(13)2-7(14)15/h1,3,6,9,13,16H,2H2,(H,14,15). The molecule has 5 nitrogen and oxygen atoms in total. The van der Waals surface area contributed by atoms with Crippen molar-refractivity contribution in [2.75, 3.05) is 0 Å². The van der Waals surface area contributed by atoms with Crippen molar-refractivity contribution in [2.45, 2.75) is 18.6 Å². The second-order valence-corrected chi connectivity index (χ2v) is 3.57. The smallest absolute Gasteiger partial charge is 0.306 e. The second kappa shape index (κ2) is 5.20. The number of rotatable bonds is 4. The van der Waals surface area contributed by atoms with Gasteiger partial charge in [-0.15, -0.1) is 0 Å². The molecular formula is C9H9ClFNO4. The van der Waals surface area contributed by atoms with Gasteiger partial charge in [-0.05, 0) is 6.07 Å². The number of pyridine rings is 1. The van der Waals surface area contributed by atoms with Gasteiger partial charge in [0.05, 0.1) is 17.5 Å². The fourth-order valence-corrected chi connectivity index (χ4v) is 1.26. The third-order valence-corrected chi connectivity index (χ3v) is 2.07. The molecule has 0 saturated heterocycles. The Morgan fingerprint density at radius 3 is 2.69 bits per heavy atom. The predicted octanol–water partition coefficient (Wildman–Crippen LogP) is 0.743. The fourth-order valence-electron chi connectivity index (χ4n) is 1.12. The van der Waals surface area contributed by atoms with Gasteiger partial charge >= 0.3 is 5.97 Å². The Balaban J connectivity index is 2.87. The van der Waals surface area contributed by atoms with Gasteiger partial charge in [-0.1, -0.05) is 11.6 Å². The van der Waals surface area contributed by atoms with Crippen LogP contribution < -0.4 is 0 Å². The number of aliphatic carboxylic acids is 1. The number of aliphatic hydroxyl groups is 2. The monoisotopic (exact) mass is 249 g/mol. The first kappa shape index (κ1) is 12.8. The molecule has 1 aromatic rings. The van der Waals surface area contributed by atoms with Crippen LogP contribution in [0, 0.1) is 5.82 Å². The van der Waals surface area contributed by atoms with Crippen LogP contribution in [0.15, 0.2) is 12.3 Å². The van der Waals surface area contributed by atoms with Crippen LogP contribution in [-0.2, 0) is 4.79 Å². The largest absolute Gasteiger partial charge is 0.481 e. The first-order valence-electron chi connectivity index (χ1n) is 4.30. The molecule has 2 atom stereocenters. The maximum atomic E-state index is 13.2. The van der Waals surface area contributed by atoms with Crippen molar-refractivity contribution in [3.05, 3.63) is 28.8 Å². The van der Waals surface area contributed by atoms with Gasteiger partial charge in [0.1, 0.15) is 17.6 Å². The maximum absolute atomic E-state index is 13.2. The Hall–Kier alpha value is -1.24. The lowest BCUT2D eigenvalue weighted by Gasteiger charge is -2.15. The quantitative estimate of drug-likeness (QED) is 0.732. The van der Waals surface area contributed by atoms with Gasteiger partial charge in [0.15, 0.2) is 0 Å². The Bertz CT molecular complexity index is 401. The van der Waals surface area contributed by atoms with Crippen LogP contribution in [0.4, 0.5) is 4.39 Å². The third kappa shape index (κ3) is 3.13. The van der Waals surface area contributed by atoms with Gasteiger partial charge in [0.25, 0.3) is 0 Å². The van der Waals surface area contributed by atoms with Crippen LogP contribution in [0.5, 0.6) is 0 Å². The molecule has 0 bridgehead atoms. The molecule has 0 aliphatic heterocycles. The molecule has 0 radical (unpaired) electrons. The lowest BCUT2D eigenvalue weighted by atomic mass is 10.1. The Morgan fingerprint density at radius 2 is 2.19 bits per heavy atom. The number of carbonyl (C=O) groups is 1. The summed E-state index contributed by atoms with van der Waals surface area (Å²) < 4.78 is 13.2. The van der Waals surface area contributed by atoms with Crippen LogP contribution >= 0.6 is 11.6 Å². The molecule has 0 fully saturated rings. The van der Waals surface area contributed by atoms with Gasteiger partial charge in [0, 0.05) is 6.20 Å². The number of halogens is 2. The summed E-state index contributed by atoms with van der Waals surface area (Å²) in [6, 6.07) is 0.917. The van der Waals surface area contributed by atoms with Crippen molar-refractivity contribution in [2.24, 2.45) is 0 Å². The number of aromatic nitrogens is 1. The fraction of sp³-hybridized carbons (Fsp3) is 0.333. The summed E-state index contributed by atoms with van der Waals surface area (Å²) in [4.78, 5) is 13.8. The number of hydrogen-bond acceptors (Lipinski definition) is 4. The van der Waals surface area contributed by atoms with E-state index in [1.807, 2.05) is 0 Å². The van der Waals surface area contributed by atoms with Crippen LogP contribution in [0.1, 0.15) is 18.2 Å². The van der Waals surface area contributed by atoms with E-state index in [2.05, 4.69) is 4.98 Å². The SMILES string of the molecule is O=C(O)CC(O)C(O)c1ncc(Cl)cc1F. The minimum absolute atomic E-state index is 0.0428. The molecule has 0 aliphatic rings. The van der Waals surface area contributed by atoms with Gasteiger partial charge in [-0.3, -0.25) is 9.78 Å². The molecule has 0 spiro atoms. The number of nitrogens with zero attached hydrogens (tertiary/aromatic N) is 1. The number of hydrogen-bond donors (Lipinski definition) is 3. The van der Waals surface area contributed by atoms with E-state index in [1.165, 1.54) is 0 Å². The summed E-state index contributed by atoms with van der Waals surface area (Å²) in [5, 5.41) is 27.1. The molecule has 1 aromatic heterocycles. The van der Waals surface area contributed by atoms with Crippen molar-refractivity contribution >= 4 is 17.6 Å². The lowest BCUT2D eigenvalue weighted by molar-refractivity contribution is -0.141. The predicted molar refractivity (Wildman–Crippen MR) is 52.4 cm³/mol. The summed E-state index contributed by atoms with van der Waals surface area (Å²) in [7, 11) is 0. The van der Waals surface area contributed by atoms with E-state index in [9.17, 15) is 19.4 Å². The topological polar surface area (TPSA) is 90.7 Å². The van der Waals surface area contributed by atoms with E-state index in [0.29, 0.717) is 0 Å². The molecular weight excluding hydrogens is 241 g/mol. The van der Waals surface area contributed by atoms with E-state index in [0.717, 1.165) is 12.3 Å². The van der Waals surface area contributed by atoms with Crippen LogP contribution in [0.2, 0.25) is 5.02 Å². The van der Waals surface area contributed by atoms with Gasteiger partial charge in [-0.25, -0.2) is 4.39 Å². The van der Waals surface area contributed by atoms with E-state index in [-0.39, 0.29) is 5.02 Å². The Morgan fingerprint density at radius 1 is 1.56 bits per heavy atom. The minimum Gasteiger partial charge on any atom is -0.481 e. The summed E-state index contributed by atoms with van der Waals surface area (Å²) in [6.07, 6.45) is -2.93. The van der Waals surface area contributed by atoms with E-state index in [1.54, 1.807) is 0 Å². The van der Waals surface area contributed by atoms with Gasteiger partial charge in [0.2, 0.25) is 0 Å². The van der Waals surface area contributed by atoms with Crippen molar-refractivity contribution in [3.8, 4) is 0 Å². The Kier molecular flexibility index (Phi) is 4.17. The van der Waals surface area contributed by atoms with Gasteiger partial charge in [-0.2, -0.15) is 0 Å². The number of carboxylic acids is 1. The van der Waals surface area contributed by atoms with Crippen LogP contribution in [0.25, 0.3) is 0 Å². The minimum atomic E-state index is -1.70. The van der Waals surface area contributed by atoms with Crippen molar-refractivity contribution in [1.29, 1.82) is 0 Å². The summed E-state index contributed by atoms with van der Waals surface area (Å²) in [5.74, 6) is -2.20.